The van der Waals surface area contributed by atoms with Crippen LogP contribution in [-0.4, -0.2) is 15.2 Å². The Morgan fingerprint density at radius 1 is 1.50 bits per heavy atom. The number of rotatable bonds is 0. The third-order valence-corrected chi connectivity index (χ3v) is 0.331. The molecule has 1 heterocycles. The zero-order valence-electron chi connectivity index (χ0n) is 3.00. The monoisotopic (exact) mass is 83.0 g/mol. The van der Waals surface area contributed by atoms with Gasteiger partial charge in [0, 0.05) is 6.15 Å². The van der Waals surface area contributed by atoms with Crippen molar-refractivity contribution in [3.63, 3.8) is 0 Å². The van der Waals surface area contributed by atoms with E-state index in [-0.39, 0.29) is 6.15 Å². The Balaban J connectivity index is 0.000000250. The summed E-state index contributed by atoms with van der Waals surface area (Å²) in [5.41, 5.74) is 0. The number of aromatic amines is 1. The Hall–Kier alpha value is -0.900. The molecule has 0 aliphatic heterocycles. The number of hydrogen-bond acceptors (Lipinski definition) is 2. The molecule has 3 radical (unpaired) electrons. The Morgan fingerprint density at radius 3 is 2.50 bits per heavy atom. The lowest BCUT2D eigenvalue weighted by atomic mass is 11.3. The second kappa shape index (κ2) is 2.34. The molecule has 1 N–H and O–H groups in total. The molecule has 0 bridgehead atoms. The number of aromatic nitrogens is 3. The normalized spacial score (nSPS) is 6.67. The highest BCUT2D eigenvalue weighted by Crippen LogP contribution is 1.53. The molecule has 1 rings (SSSR count). The van der Waals surface area contributed by atoms with E-state index in [1.165, 1.54) is 12.7 Å². The van der Waals surface area contributed by atoms with Crippen LogP contribution in [0.25, 0.3) is 0 Å². The molecule has 6 heavy (non-hydrogen) atoms. The van der Waals surface area contributed by atoms with Gasteiger partial charge in [-0.2, -0.15) is 5.10 Å². The molecular weight excluding hydrogens is 80.1 g/mol. The van der Waals surface area contributed by atoms with Crippen molar-refractivity contribution in [2.75, 3.05) is 0 Å². The fourth-order valence-electron chi connectivity index (χ4n) is 0.167. The number of hydrogen-bond donors (Lipinski definition) is 1. The summed E-state index contributed by atoms with van der Waals surface area (Å²) in [7, 11) is 0. The highest BCUT2D eigenvalue weighted by atomic mass is 15.2. The van der Waals surface area contributed by atoms with Crippen molar-refractivity contribution in [2.45, 2.75) is 0 Å². The van der Waals surface area contributed by atoms with Gasteiger partial charge in [0.2, 0.25) is 0 Å². The van der Waals surface area contributed by atoms with Crippen molar-refractivity contribution in [1.82, 2.24) is 21.3 Å². The molecule has 0 aromatic carbocycles. The molecule has 0 fully saturated rings. The lowest BCUT2D eigenvalue weighted by Crippen LogP contribution is -1.53. The fraction of sp³-hybridized carbons (Fsp3) is 0. The molecule has 0 aliphatic carbocycles. The van der Waals surface area contributed by atoms with Crippen molar-refractivity contribution in [3.8, 4) is 0 Å². The molecule has 0 amide bonds. The summed E-state index contributed by atoms with van der Waals surface area (Å²) in [5.74, 6) is 0. The first-order valence-corrected chi connectivity index (χ1v) is 1.29. The van der Waals surface area contributed by atoms with E-state index in [1.807, 2.05) is 0 Å². The molecule has 0 saturated heterocycles. The van der Waals surface area contributed by atoms with Crippen LogP contribution in [0.15, 0.2) is 12.7 Å². The lowest BCUT2D eigenvalue weighted by molar-refractivity contribution is 1.09. The molecule has 4 heteroatoms. The number of H-pyrrole nitrogens is 1. The van der Waals surface area contributed by atoms with Gasteiger partial charge >= 0.3 is 0 Å². The van der Waals surface area contributed by atoms with E-state index in [0.29, 0.717) is 0 Å². The summed E-state index contributed by atoms with van der Waals surface area (Å²) >= 11 is 0. The molecular formula is C2H3N4. The first-order chi connectivity index (χ1) is 2.50. The zero-order chi connectivity index (χ0) is 3.54. The molecule has 0 aliphatic rings. The van der Waals surface area contributed by atoms with E-state index in [0.717, 1.165) is 0 Å². The largest absolute Gasteiger partial charge is 0.266 e. The van der Waals surface area contributed by atoms with Crippen molar-refractivity contribution in [1.29, 1.82) is 0 Å². The summed E-state index contributed by atoms with van der Waals surface area (Å²) < 4.78 is 0. The van der Waals surface area contributed by atoms with Gasteiger partial charge in [-0.3, -0.25) is 5.10 Å². The standard InChI is InChI=1S/C2H3N3.N/c1-3-2-5-4-1;/h1-2H,(H,3,4,5);. The van der Waals surface area contributed by atoms with Crippen LogP contribution in [0.5, 0.6) is 0 Å². The van der Waals surface area contributed by atoms with Crippen molar-refractivity contribution >= 4 is 0 Å². The number of nitrogens with zero attached hydrogens (tertiary/aromatic N) is 3. The smallest absolute Gasteiger partial charge is 0.137 e. The van der Waals surface area contributed by atoms with Crippen LogP contribution in [-0.2, 0) is 0 Å². The topological polar surface area (TPSA) is 72.1 Å². The molecule has 0 atom stereocenters. The summed E-state index contributed by atoms with van der Waals surface area (Å²) in [5, 5.41) is 5.99. The summed E-state index contributed by atoms with van der Waals surface area (Å²) in [6.45, 7) is 0. The minimum Gasteiger partial charge on any atom is -0.266 e. The highest BCUT2D eigenvalue weighted by molar-refractivity contribution is 4.43. The SMILES string of the molecule is [N].c1nc[nH]n1. The predicted octanol–water partition coefficient (Wildman–Crippen LogP) is -0.676. The van der Waals surface area contributed by atoms with Crippen LogP contribution in [0.3, 0.4) is 0 Å². The van der Waals surface area contributed by atoms with Gasteiger partial charge in [0.25, 0.3) is 0 Å². The average Bonchev–Trinajstić information content (AvgIpc) is 1.76. The van der Waals surface area contributed by atoms with E-state index in [1.54, 1.807) is 0 Å². The van der Waals surface area contributed by atoms with E-state index in [9.17, 15) is 0 Å². The van der Waals surface area contributed by atoms with Crippen molar-refractivity contribution in [3.05, 3.63) is 12.7 Å². The maximum Gasteiger partial charge on any atom is 0.137 e. The van der Waals surface area contributed by atoms with E-state index < -0.39 is 0 Å². The quantitative estimate of drug-likeness (QED) is 0.451. The zero-order valence-corrected chi connectivity index (χ0v) is 3.00. The van der Waals surface area contributed by atoms with Gasteiger partial charge in [-0.25, -0.2) is 4.98 Å². The van der Waals surface area contributed by atoms with Crippen molar-refractivity contribution < 1.29 is 0 Å². The minimum atomic E-state index is 0. The second-order valence-electron chi connectivity index (χ2n) is 0.652. The second-order valence-corrected chi connectivity index (χ2v) is 0.652. The third-order valence-electron chi connectivity index (χ3n) is 0.331. The Labute approximate surface area is 35.2 Å². The average molecular weight is 83.1 g/mol. The minimum absolute atomic E-state index is 0. The maximum atomic E-state index is 3.56. The van der Waals surface area contributed by atoms with E-state index in [4.69, 9.17) is 0 Å². The van der Waals surface area contributed by atoms with Gasteiger partial charge < -0.3 is 0 Å². The van der Waals surface area contributed by atoms with Crippen LogP contribution < -0.4 is 6.15 Å². The van der Waals surface area contributed by atoms with Crippen LogP contribution in [0, 0.1) is 0 Å². The maximum absolute atomic E-state index is 3.56. The third kappa shape index (κ3) is 0.813. The Morgan fingerprint density at radius 2 is 2.33 bits per heavy atom. The summed E-state index contributed by atoms with van der Waals surface area (Å²) in [4.78, 5) is 3.56. The van der Waals surface area contributed by atoms with E-state index in [2.05, 4.69) is 15.2 Å². The van der Waals surface area contributed by atoms with Crippen LogP contribution in [0.4, 0.5) is 0 Å². The van der Waals surface area contributed by atoms with Gasteiger partial charge in [0.15, 0.2) is 0 Å². The van der Waals surface area contributed by atoms with Crippen LogP contribution in [0.1, 0.15) is 0 Å². The molecule has 0 saturated carbocycles. The molecule has 0 unspecified atom stereocenters. The predicted molar refractivity (Wildman–Crippen MR) is 18.5 cm³/mol. The van der Waals surface area contributed by atoms with Gasteiger partial charge in [0.1, 0.15) is 12.7 Å². The molecule has 0 spiro atoms. The molecule has 31 valence electrons. The molecule has 4 nitrogen and oxygen atoms in total. The lowest BCUT2D eigenvalue weighted by Gasteiger charge is -1.46. The number of nitrogens with one attached hydrogen (secondary N) is 1. The van der Waals surface area contributed by atoms with Crippen LogP contribution >= 0.6 is 0 Å². The Bertz CT molecular complexity index is 62.0. The summed E-state index contributed by atoms with van der Waals surface area (Å²) in [6.07, 6.45) is 2.96. The first-order valence-electron chi connectivity index (χ1n) is 1.29. The van der Waals surface area contributed by atoms with Gasteiger partial charge in [-0.05, 0) is 0 Å². The Kier molecular flexibility index (Phi) is 1.99. The van der Waals surface area contributed by atoms with E-state index >= 15 is 0 Å². The van der Waals surface area contributed by atoms with Gasteiger partial charge in [-0.1, -0.05) is 0 Å². The molecule has 1 aromatic heterocycles. The fourth-order valence-corrected chi connectivity index (χ4v) is 0.167. The summed E-state index contributed by atoms with van der Waals surface area (Å²) in [6, 6.07) is 0. The van der Waals surface area contributed by atoms with Gasteiger partial charge in [-0.15, -0.1) is 0 Å². The van der Waals surface area contributed by atoms with Crippen LogP contribution in [0.2, 0.25) is 0 Å². The van der Waals surface area contributed by atoms with Crippen molar-refractivity contribution in [2.24, 2.45) is 0 Å². The highest BCUT2D eigenvalue weighted by Gasteiger charge is 1.57. The van der Waals surface area contributed by atoms with Gasteiger partial charge in [0.05, 0.1) is 0 Å². The first kappa shape index (κ1) is 5.10. The molecule has 1 aromatic rings.